The van der Waals surface area contributed by atoms with Crippen LogP contribution in [-0.2, 0) is 6.54 Å². The minimum absolute atomic E-state index is 0.169. The molecule has 0 saturated carbocycles. The number of aryl methyl sites for hydroxylation is 2. The number of amides is 1. The third-order valence-electron chi connectivity index (χ3n) is 2.94. The van der Waals surface area contributed by atoms with Crippen molar-refractivity contribution in [1.82, 2.24) is 14.9 Å². The molecule has 2 aromatic heterocycles. The first kappa shape index (κ1) is 14.0. The molecule has 104 valence electrons. The van der Waals surface area contributed by atoms with Gasteiger partial charge in [-0.25, -0.2) is 0 Å². The molecule has 1 amide bonds. The molecule has 5 heteroatoms. The maximum absolute atomic E-state index is 12.3. The van der Waals surface area contributed by atoms with Crippen molar-refractivity contribution in [3.8, 4) is 0 Å². The second-order valence-electron chi connectivity index (χ2n) is 4.88. The molecule has 0 aliphatic rings. The van der Waals surface area contributed by atoms with E-state index in [1.54, 1.807) is 25.1 Å². The Hall–Kier alpha value is -2.43. The molecule has 20 heavy (non-hydrogen) atoms. The smallest absolute Gasteiger partial charge is 0.270 e. The molecule has 0 aliphatic heterocycles. The van der Waals surface area contributed by atoms with E-state index >= 15 is 0 Å². The number of carbonyl (C=O) groups excluding carboxylic acids is 1. The largest absolute Gasteiger partial charge is 0.354 e. The van der Waals surface area contributed by atoms with Crippen molar-refractivity contribution in [1.29, 1.82) is 0 Å². The lowest BCUT2D eigenvalue weighted by Crippen LogP contribution is -2.28. The highest BCUT2D eigenvalue weighted by atomic mass is 16.2. The normalized spacial score (nSPS) is 10.3. The van der Waals surface area contributed by atoms with Crippen LogP contribution in [0.5, 0.6) is 0 Å². The number of pyridine rings is 2. The number of aromatic nitrogens is 2. The summed E-state index contributed by atoms with van der Waals surface area (Å²) in [6.45, 7) is 4.13. The monoisotopic (exact) mass is 271 g/mol. The fourth-order valence-electron chi connectivity index (χ4n) is 2.05. The van der Waals surface area contributed by atoms with E-state index in [1.165, 1.54) is 12.1 Å². The summed E-state index contributed by atoms with van der Waals surface area (Å²) in [5.41, 5.74) is 2.73. The summed E-state index contributed by atoms with van der Waals surface area (Å²) in [6, 6.07) is 6.59. The first-order valence-corrected chi connectivity index (χ1v) is 6.33. The van der Waals surface area contributed by atoms with Crippen molar-refractivity contribution in [2.24, 2.45) is 0 Å². The van der Waals surface area contributed by atoms with E-state index in [-0.39, 0.29) is 11.3 Å². The first-order valence-electron chi connectivity index (χ1n) is 6.33. The van der Waals surface area contributed by atoms with E-state index in [0.717, 1.165) is 11.3 Å². The van der Waals surface area contributed by atoms with Gasteiger partial charge in [0.1, 0.15) is 5.69 Å². The number of hydrogen-bond acceptors (Lipinski definition) is 3. The Kier molecular flexibility index (Phi) is 3.98. The number of H-pyrrole nitrogens is 1. The minimum Gasteiger partial charge on any atom is -0.354 e. The number of aromatic amines is 1. The topological polar surface area (TPSA) is 66.1 Å². The van der Waals surface area contributed by atoms with Gasteiger partial charge >= 0.3 is 0 Å². The predicted octanol–water partition coefficient (Wildman–Crippen LogP) is 1.66. The van der Waals surface area contributed by atoms with Crippen LogP contribution in [0.3, 0.4) is 0 Å². The van der Waals surface area contributed by atoms with Gasteiger partial charge in [0.15, 0.2) is 5.43 Å². The highest BCUT2D eigenvalue weighted by molar-refractivity contribution is 5.92. The number of hydrogen-bond donors (Lipinski definition) is 1. The van der Waals surface area contributed by atoms with Crippen LogP contribution in [0.15, 0.2) is 35.3 Å². The van der Waals surface area contributed by atoms with Gasteiger partial charge < -0.3 is 9.88 Å². The van der Waals surface area contributed by atoms with Crippen LogP contribution in [0.1, 0.15) is 27.4 Å². The standard InChI is InChI=1S/C15H17N3O2/c1-10-6-12(4-5-16-10)9-18(3)15(20)14-8-13(19)7-11(2)17-14/h4-8H,9H2,1-3H3,(H,17,19). The highest BCUT2D eigenvalue weighted by Crippen LogP contribution is 2.07. The molecule has 0 saturated heterocycles. The van der Waals surface area contributed by atoms with Gasteiger partial charge in [0, 0.05) is 43.3 Å². The third kappa shape index (κ3) is 3.32. The Morgan fingerprint density at radius 1 is 1.30 bits per heavy atom. The van der Waals surface area contributed by atoms with Crippen LogP contribution in [0.2, 0.25) is 0 Å². The Bertz CT molecular complexity index is 692. The van der Waals surface area contributed by atoms with Crippen LogP contribution in [0.25, 0.3) is 0 Å². The summed E-state index contributed by atoms with van der Waals surface area (Å²) >= 11 is 0. The number of carbonyl (C=O) groups is 1. The first-order chi connectivity index (χ1) is 9.45. The van der Waals surface area contributed by atoms with Crippen molar-refractivity contribution >= 4 is 5.91 Å². The third-order valence-corrected chi connectivity index (χ3v) is 2.94. The molecule has 2 aromatic rings. The zero-order chi connectivity index (χ0) is 14.7. The lowest BCUT2D eigenvalue weighted by molar-refractivity contribution is 0.0779. The summed E-state index contributed by atoms with van der Waals surface area (Å²) in [6.07, 6.45) is 1.72. The summed E-state index contributed by atoms with van der Waals surface area (Å²) in [5.74, 6) is -0.208. The van der Waals surface area contributed by atoms with E-state index < -0.39 is 0 Å². The van der Waals surface area contributed by atoms with Crippen LogP contribution >= 0.6 is 0 Å². The Balaban J connectivity index is 2.18. The van der Waals surface area contributed by atoms with E-state index in [9.17, 15) is 9.59 Å². The van der Waals surface area contributed by atoms with Crippen LogP contribution in [0.4, 0.5) is 0 Å². The van der Waals surface area contributed by atoms with E-state index in [2.05, 4.69) is 9.97 Å². The van der Waals surface area contributed by atoms with Gasteiger partial charge in [-0.05, 0) is 31.5 Å². The maximum atomic E-state index is 12.3. The highest BCUT2D eigenvalue weighted by Gasteiger charge is 2.13. The molecular formula is C15H17N3O2. The van der Waals surface area contributed by atoms with E-state index in [0.29, 0.717) is 17.9 Å². The molecule has 0 radical (unpaired) electrons. The molecule has 0 unspecified atom stereocenters. The van der Waals surface area contributed by atoms with Gasteiger partial charge in [-0.1, -0.05) is 0 Å². The van der Waals surface area contributed by atoms with E-state index in [1.807, 2.05) is 19.1 Å². The maximum Gasteiger partial charge on any atom is 0.270 e. The Labute approximate surface area is 117 Å². The van der Waals surface area contributed by atoms with Crippen LogP contribution in [0, 0.1) is 13.8 Å². The van der Waals surface area contributed by atoms with E-state index in [4.69, 9.17) is 0 Å². The molecule has 0 aliphatic carbocycles. The molecule has 0 aromatic carbocycles. The molecule has 1 N–H and O–H groups in total. The second-order valence-corrected chi connectivity index (χ2v) is 4.88. The lowest BCUT2D eigenvalue weighted by atomic mass is 10.2. The molecule has 0 atom stereocenters. The van der Waals surface area contributed by atoms with Crippen molar-refractivity contribution in [2.45, 2.75) is 20.4 Å². The lowest BCUT2D eigenvalue weighted by Gasteiger charge is -2.17. The van der Waals surface area contributed by atoms with Crippen LogP contribution in [-0.4, -0.2) is 27.8 Å². The predicted molar refractivity (Wildman–Crippen MR) is 76.6 cm³/mol. The zero-order valence-electron chi connectivity index (χ0n) is 11.8. The van der Waals surface area contributed by atoms with Crippen molar-refractivity contribution in [3.05, 3.63) is 63.3 Å². The quantitative estimate of drug-likeness (QED) is 0.923. The SMILES string of the molecule is Cc1cc(CN(C)C(=O)c2cc(=O)cc(C)[nH]2)ccn1. The molecule has 2 heterocycles. The number of nitrogens with one attached hydrogen (secondary N) is 1. The van der Waals surface area contributed by atoms with Crippen molar-refractivity contribution < 1.29 is 4.79 Å². The average Bonchev–Trinajstić information content (AvgIpc) is 2.36. The molecule has 2 rings (SSSR count). The number of nitrogens with zero attached hydrogens (tertiary/aromatic N) is 2. The Morgan fingerprint density at radius 3 is 2.70 bits per heavy atom. The van der Waals surface area contributed by atoms with Gasteiger partial charge in [-0.2, -0.15) is 0 Å². The zero-order valence-corrected chi connectivity index (χ0v) is 11.8. The summed E-state index contributed by atoms with van der Waals surface area (Å²) in [4.78, 5) is 32.3. The van der Waals surface area contributed by atoms with Gasteiger partial charge in [-0.3, -0.25) is 14.6 Å². The molecule has 0 fully saturated rings. The van der Waals surface area contributed by atoms with Crippen molar-refractivity contribution in [3.63, 3.8) is 0 Å². The second kappa shape index (κ2) is 5.69. The summed E-state index contributed by atoms with van der Waals surface area (Å²) in [7, 11) is 1.71. The summed E-state index contributed by atoms with van der Waals surface area (Å²) in [5, 5.41) is 0. The average molecular weight is 271 g/mol. The molecule has 0 spiro atoms. The van der Waals surface area contributed by atoms with Crippen molar-refractivity contribution in [2.75, 3.05) is 7.05 Å². The minimum atomic E-state index is -0.208. The molecular weight excluding hydrogens is 254 g/mol. The van der Waals surface area contributed by atoms with Gasteiger partial charge in [0.2, 0.25) is 0 Å². The fraction of sp³-hybridized carbons (Fsp3) is 0.267. The molecule has 0 bridgehead atoms. The van der Waals surface area contributed by atoms with Gasteiger partial charge in [0.05, 0.1) is 0 Å². The van der Waals surface area contributed by atoms with Crippen LogP contribution < -0.4 is 5.43 Å². The van der Waals surface area contributed by atoms with Gasteiger partial charge in [0.25, 0.3) is 5.91 Å². The molecule has 5 nitrogen and oxygen atoms in total. The summed E-state index contributed by atoms with van der Waals surface area (Å²) < 4.78 is 0. The van der Waals surface area contributed by atoms with Gasteiger partial charge in [-0.15, -0.1) is 0 Å². The number of rotatable bonds is 3. The Morgan fingerprint density at radius 2 is 2.05 bits per heavy atom. The fourth-order valence-corrected chi connectivity index (χ4v) is 2.05.